The van der Waals surface area contributed by atoms with Crippen molar-refractivity contribution in [3.05, 3.63) is 46.5 Å². The van der Waals surface area contributed by atoms with E-state index in [4.69, 9.17) is 10.3 Å². The summed E-state index contributed by atoms with van der Waals surface area (Å²) in [6.07, 6.45) is 3.88. The minimum Gasteiger partial charge on any atom is -0.334 e. The summed E-state index contributed by atoms with van der Waals surface area (Å²) >= 11 is 0. The second kappa shape index (κ2) is 4.78. The third-order valence-electron chi connectivity index (χ3n) is 4.35. The molecule has 6 heteroatoms. The lowest BCUT2D eigenvalue weighted by atomic mass is 9.98. The average Bonchev–Trinajstić information content (AvgIpc) is 3.16. The monoisotopic (exact) mass is 296 g/mol. The van der Waals surface area contributed by atoms with E-state index in [9.17, 15) is 4.79 Å². The van der Waals surface area contributed by atoms with Crippen LogP contribution in [0.1, 0.15) is 31.5 Å². The van der Waals surface area contributed by atoms with Gasteiger partial charge in [-0.15, -0.1) is 0 Å². The van der Waals surface area contributed by atoms with Gasteiger partial charge in [0.25, 0.3) is 5.89 Å². The number of aromatic amines is 1. The summed E-state index contributed by atoms with van der Waals surface area (Å²) in [5, 5.41) is 4.93. The highest BCUT2D eigenvalue weighted by Crippen LogP contribution is 2.35. The number of nitrogens with one attached hydrogen (secondary N) is 1. The molecule has 0 spiro atoms. The Balaban J connectivity index is 1.86. The molecule has 4 rings (SSSR count). The number of H-pyrrole nitrogens is 1. The molecule has 3 aromatic rings. The van der Waals surface area contributed by atoms with Gasteiger partial charge in [0.1, 0.15) is 0 Å². The van der Waals surface area contributed by atoms with E-state index in [2.05, 4.69) is 15.1 Å². The van der Waals surface area contributed by atoms with Crippen molar-refractivity contribution in [2.75, 3.05) is 0 Å². The molecular weight excluding hydrogens is 280 g/mol. The molecule has 0 radical (unpaired) electrons. The first kappa shape index (κ1) is 13.2. The number of fused-ring (bicyclic) bond motifs is 1. The van der Waals surface area contributed by atoms with Crippen LogP contribution in [-0.2, 0) is 5.54 Å². The van der Waals surface area contributed by atoms with Crippen molar-refractivity contribution >= 4 is 10.9 Å². The summed E-state index contributed by atoms with van der Waals surface area (Å²) in [7, 11) is 0. The fourth-order valence-electron chi connectivity index (χ4n) is 3.15. The molecule has 0 bridgehead atoms. The van der Waals surface area contributed by atoms with Crippen molar-refractivity contribution < 1.29 is 4.52 Å². The molecule has 1 aliphatic carbocycles. The van der Waals surface area contributed by atoms with Crippen LogP contribution < -0.4 is 11.3 Å². The van der Waals surface area contributed by atoms with Crippen LogP contribution in [0, 0.1) is 0 Å². The second-order valence-corrected chi connectivity index (χ2v) is 5.88. The molecule has 1 fully saturated rings. The Kier molecular flexibility index (Phi) is 2.87. The minimum atomic E-state index is -0.501. The Morgan fingerprint density at radius 3 is 2.82 bits per heavy atom. The van der Waals surface area contributed by atoms with E-state index in [1.54, 1.807) is 0 Å². The minimum absolute atomic E-state index is 0.197. The Morgan fingerprint density at radius 1 is 1.23 bits per heavy atom. The van der Waals surface area contributed by atoms with Crippen molar-refractivity contribution in [2.24, 2.45) is 5.73 Å². The number of nitrogens with zero attached hydrogens (tertiary/aromatic N) is 2. The van der Waals surface area contributed by atoms with E-state index in [0.717, 1.165) is 36.6 Å². The van der Waals surface area contributed by atoms with Crippen LogP contribution in [0.5, 0.6) is 0 Å². The lowest BCUT2D eigenvalue weighted by Crippen LogP contribution is -2.34. The fourth-order valence-corrected chi connectivity index (χ4v) is 3.15. The van der Waals surface area contributed by atoms with Crippen LogP contribution in [0.25, 0.3) is 22.4 Å². The van der Waals surface area contributed by atoms with Gasteiger partial charge in [-0.1, -0.05) is 36.2 Å². The summed E-state index contributed by atoms with van der Waals surface area (Å²) in [4.78, 5) is 19.1. The molecule has 112 valence electrons. The summed E-state index contributed by atoms with van der Waals surface area (Å²) in [6.45, 7) is 0. The molecule has 0 aliphatic heterocycles. The van der Waals surface area contributed by atoms with Gasteiger partial charge >= 0.3 is 0 Å². The van der Waals surface area contributed by atoms with Crippen LogP contribution in [0.2, 0.25) is 0 Å². The van der Waals surface area contributed by atoms with E-state index < -0.39 is 5.54 Å². The molecule has 22 heavy (non-hydrogen) atoms. The van der Waals surface area contributed by atoms with Crippen LogP contribution in [0.3, 0.4) is 0 Å². The van der Waals surface area contributed by atoms with E-state index in [0.29, 0.717) is 17.3 Å². The molecule has 0 saturated heterocycles. The maximum Gasteiger partial charge on any atom is 0.258 e. The fraction of sp³-hybridized carbons (Fsp3) is 0.312. The van der Waals surface area contributed by atoms with Crippen molar-refractivity contribution in [3.8, 4) is 11.5 Å². The standard InChI is InChI=1S/C16H16N4O2/c17-16(7-3-4-8-16)15-19-14(22-20-15)11-9-13(21)18-12-6-2-1-5-10(11)12/h1-2,5-6,9H,3-4,7-8,17H2,(H,18,21). The van der Waals surface area contributed by atoms with Gasteiger partial charge in [-0.3, -0.25) is 4.79 Å². The maximum atomic E-state index is 11.8. The summed E-state index contributed by atoms with van der Waals surface area (Å²) < 4.78 is 5.40. The first-order valence-corrected chi connectivity index (χ1v) is 7.41. The third-order valence-corrected chi connectivity index (χ3v) is 4.35. The number of benzene rings is 1. The zero-order valence-electron chi connectivity index (χ0n) is 12.0. The third kappa shape index (κ3) is 2.03. The molecule has 0 unspecified atom stereocenters. The number of nitrogens with two attached hydrogens (primary N) is 1. The van der Waals surface area contributed by atoms with Crippen LogP contribution in [-0.4, -0.2) is 15.1 Å². The topological polar surface area (TPSA) is 97.8 Å². The van der Waals surface area contributed by atoms with Crippen molar-refractivity contribution in [1.29, 1.82) is 0 Å². The highest BCUT2D eigenvalue weighted by molar-refractivity contribution is 5.91. The number of hydrogen-bond acceptors (Lipinski definition) is 5. The molecule has 0 atom stereocenters. The molecule has 6 nitrogen and oxygen atoms in total. The Bertz CT molecular complexity index is 890. The SMILES string of the molecule is NC1(c2noc(-c3cc(=O)[nH]c4ccccc34)n2)CCCC1. The normalized spacial score (nSPS) is 17.1. The summed E-state index contributed by atoms with van der Waals surface area (Å²) in [6, 6.07) is 9.02. The number of para-hydroxylation sites is 1. The number of aromatic nitrogens is 3. The quantitative estimate of drug-likeness (QED) is 0.756. The van der Waals surface area contributed by atoms with Crippen molar-refractivity contribution in [3.63, 3.8) is 0 Å². The van der Waals surface area contributed by atoms with Crippen LogP contribution in [0.15, 0.2) is 39.6 Å². The Labute approximate surface area is 126 Å². The summed E-state index contributed by atoms with van der Waals surface area (Å²) in [5.41, 5.74) is 7.04. The first-order chi connectivity index (χ1) is 10.7. The molecule has 3 N–H and O–H groups in total. The van der Waals surface area contributed by atoms with Gasteiger partial charge < -0.3 is 15.2 Å². The zero-order valence-corrected chi connectivity index (χ0v) is 12.0. The summed E-state index contributed by atoms with van der Waals surface area (Å²) in [5.74, 6) is 0.874. The number of hydrogen-bond donors (Lipinski definition) is 2. The van der Waals surface area contributed by atoms with Gasteiger partial charge in [-0.25, -0.2) is 0 Å². The van der Waals surface area contributed by atoms with Gasteiger partial charge in [0, 0.05) is 17.0 Å². The Morgan fingerprint density at radius 2 is 2.00 bits per heavy atom. The van der Waals surface area contributed by atoms with Gasteiger partial charge in [-0.2, -0.15) is 4.98 Å². The molecule has 1 saturated carbocycles. The lowest BCUT2D eigenvalue weighted by Gasteiger charge is -2.17. The molecule has 2 aromatic heterocycles. The van der Waals surface area contributed by atoms with Gasteiger partial charge in [-0.05, 0) is 18.9 Å². The van der Waals surface area contributed by atoms with Crippen molar-refractivity contribution in [2.45, 2.75) is 31.2 Å². The number of pyridine rings is 1. The van der Waals surface area contributed by atoms with E-state index in [1.807, 2.05) is 24.3 Å². The highest BCUT2D eigenvalue weighted by atomic mass is 16.5. The predicted octanol–water partition coefficient (Wildman–Crippen LogP) is 2.31. The maximum absolute atomic E-state index is 11.8. The van der Waals surface area contributed by atoms with Crippen LogP contribution >= 0.6 is 0 Å². The largest absolute Gasteiger partial charge is 0.334 e. The number of rotatable bonds is 2. The van der Waals surface area contributed by atoms with E-state index in [-0.39, 0.29) is 5.56 Å². The van der Waals surface area contributed by atoms with E-state index >= 15 is 0 Å². The van der Waals surface area contributed by atoms with Gasteiger partial charge in [0.05, 0.1) is 11.1 Å². The smallest absolute Gasteiger partial charge is 0.258 e. The van der Waals surface area contributed by atoms with E-state index in [1.165, 1.54) is 6.07 Å². The van der Waals surface area contributed by atoms with Gasteiger partial charge in [0.15, 0.2) is 5.82 Å². The van der Waals surface area contributed by atoms with Crippen LogP contribution in [0.4, 0.5) is 0 Å². The molecule has 0 amide bonds. The first-order valence-electron chi connectivity index (χ1n) is 7.41. The molecule has 2 heterocycles. The predicted molar refractivity (Wildman–Crippen MR) is 82.2 cm³/mol. The highest BCUT2D eigenvalue weighted by Gasteiger charge is 2.36. The zero-order chi connectivity index (χ0) is 15.2. The molecule has 1 aliphatic rings. The molecular formula is C16H16N4O2. The van der Waals surface area contributed by atoms with Crippen molar-refractivity contribution in [1.82, 2.24) is 15.1 Å². The Hall–Kier alpha value is -2.47. The average molecular weight is 296 g/mol. The molecule has 1 aromatic carbocycles. The second-order valence-electron chi connectivity index (χ2n) is 5.88. The van der Waals surface area contributed by atoms with Gasteiger partial charge in [0.2, 0.25) is 5.56 Å². The lowest BCUT2D eigenvalue weighted by molar-refractivity contribution is 0.373.